The van der Waals surface area contributed by atoms with Crippen molar-refractivity contribution < 1.29 is 4.74 Å². The fraction of sp³-hybridized carbons (Fsp3) is 0.833. The first-order valence-electron chi connectivity index (χ1n) is 2.67. The molecule has 0 bridgehead atoms. The minimum absolute atomic E-state index is 0.199. The van der Waals surface area contributed by atoms with Crippen LogP contribution >= 0.6 is 0 Å². The fourth-order valence-corrected chi connectivity index (χ4v) is 0.440. The van der Waals surface area contributed by atoms with Crippen molar-refractivity contribution in [3.05, 3.63) is 6.92 Å². The summed E-state index contributed by atoms with van der Waals surface area (Å²) in [6.45, 7) is 5.85. The van der Waals surface area contributed by atoms with E-state index in [2.05, 4.69) is 13.8 Å². The van der Waals surface area contributed by atoms with Gasteiger partial charge in [0.05, 0.1) is 6.10 Å². The van der Waals surface area contributed by atoms with Gasteiger partial charge >= 0.3 is 0 Å². The van der Waals surface area contributed by atoms with E-state index in [-0.39, 0.29) is 6.10 Å². The Morgan fingerprint density at radius 1 is 1.71 bits per heavy atom. The van der Waals surface area contributed by atoms with Crippen molar-refractivity contribution in [3.8, 4) is 0 Å². The molecule has 0 aliphatic heterocycles. The molecule has 0 saturated carbocycles. The van der Waals surface area contributed by atoms with Gasteiger partial charge in [-0.3, -0.25) is 0 Å². The Balaban J connectivity index is 2.83. The van der Waals surface area contributed by atoms with Gasteiger partial charge in [-0.05, 0) is 13.3 Å². The number of hydrogen-bond acceptors (Lipinski definition) is 1. The van der Waals surface area contributed by atoms with Crippen molar-refractivity contribution in [2.75, 3.05) is 7.11 Å². The molecular formula is C6H13O. The Hall–Kier alpha value is -0.0400. The first kappa shape index (κ1) is 6.96. The summed E-state index contributed by atoms with van der Waals surface area (Å²) < 4.78 is 4.88. The highest BCUT2D eigenvalue weighted by atomic mass is 16.5. The lowest BCUT2D eigenvalue weighted by atomic mass is 10.2. The summed E-state index contributed by atoms with van der Waals surface area (Å²) in [6.07, 6.45) is 2.42. The summed E-state index contributed by atoms with van der Waals surface area (Å²) >= 11 is 0. The Morgan fingerprint density at radius 2 is 2.29 bits per heavy atom. The van der Waals surface area contributed by atoms with Crippen molar-refractivity contribution in [1.29, 1.82) is 0 Å². The number of hydrogen-bond donors (Lipinski definition) is 0. The van der Waals surface area contributed by atoms with E-state index in [1.165, 1.54) is 0 Å². The summed E-state index contributed by atoms with van der Waals surface area (Å²) in [5.41, 5.74) is 0. The SMILES string of the molecule is [CH2]C(CCC)OC. The first-order chi connectivity index (χ1) is 3.31. The molecule has 0 spiro atoms. The van der Waals surface area contributed by atoms with E-state index in [1.807, 2.05) is 0 Å². The van der Waals surface area contributed by atoms with Crippen LogP contribution in [0.4, 0.5) is 0 Å². The van der Waals surface area contributed by atoms with E-state index >= 15 is 0 Å². The van der Waals surface area contributed by atoms with Crippen molar-refractivity contribution in [3.63, 3.8) is 0 Å². The molecule has 7 heavy (non-hydrogen) atoms. The quantitative estimate of drug-likeness (QED) is 0.525. The van der Waals surface area contributed by atoms with Gasteiger partial charge in [-0.25, -0.2) is 0 Å². The van der Waals surface area contributed by atoms with Crippen molar-refractivity contribution >= 4 is 0 Å². The Bertz CT molecular complexity index is 35.2. The fourth-order valence-electron chi connectivity index (χ4n) is 0.440. The highest BCUT2D eigenvalue weighted by Crippen LogP contribution is 1.96. The third-order valence-corrected chi connectivity index (χ3v) is 0.944. The van der Waals surface area contributed by atoms with Crippen LogP contribution in [0.3, 0.4) is 0 Å². The van der Waals surface area contributed by atoms with Crippen LogP contribution in [0, 0.1) is 6.92 Å². The van der Waals surface area contributed by atoms with E-state index in [1.54, 1.807) is 7.11 Å². The molecule has 0 saturated heterocycles. The predicted molar refractivity (Wildman–Crippen MR) is 31.1 cm³/mol. The maximum atomic E-state index is 4.88. The molecule has 1 radical (unpaired) electrons. The summed E-state index contributed by atoms with van der Waals surface area (Å²) in [5, 5.41) is 0. The number of rotatable bonds is 3. The van der Waals surface area contributed by atoms with Crippen LogP contribution in [-0.4, -0.2) is 13.2 Å². The summed E-state index contributed by atoms with van der Waals surface area (Å²) in [7, 11) is 1.69. The Kier molecular flexibility index (Phi) is 4.10. The standard InChI is InChI=1S/C6H13O/c1-4-5-6(2)7-3/h6H,2,4-5H2,1,3H3. The van der Waals surface area contributed by atoms with E-state index in [4.69, 9.17) is 4.74 Å². The van der Waals surface area contributed by atoms with E-state index in [9.17, 15) is 0 Å². The maximum Gasteiger partial charge on any atom is 0.0572 e. The second-order valence-corrected chi connectivity index (χ2v) is 1.65. The lowest BCUT2D eigenvalue weighted by Gasteiger charge is -2.04. The van der Waals surface area contributed by atoms with Crippen molar-refractivity contribution in [2.45, 2.75) is 25.9 Å². The molecule has 43 valence electrons. The van der Waals surface area contributed by atoms with Gasteiger partial charge < -0.3 is 4.74 Å². The van der Waals surface area contributed by atoms with Gasteiger partial charge in [0, 0.05) is 7.11 Å². The molecular weight excluding hydrogens is 88.1 g/mol. The number of methoxy groups -OCH3 is 1. The van der Waals surface area contributed by atoms with Crippen molar-refractivity contribution in [2.24, 2.45) is 0 Å². The monoisotopic (exact) mass is 101 g/mol. The third-order valence-electron chi connectivity index (χ3n) is 0.944. The minimum Gasteiger partial charge on any atom is -0.381 e. The van der Waals surface area contributed by atoms with Crippen LogP contribution in [0.25, 0.3) is 0 Å². The van der Waals surface area contributed by atoms with Gasteiger partial charge in [-0.15, -0.1) is 0 Å². The topological polar surface area (TPSA) is 9.23 Å². The van der Waals surface area contributed by atoms with Gasteiger partial charge in [0.15, 0.2) is 0 Å². The molecule has 0 aromatic carbocycles. The lowest BCUT2D eigenvalue weighted by Crippen LogP contribution is -2.02. The zero-order valence-corrected chi connectivity index (χ0v) is 5.11. The molecule has 0 aromatic heterocycles. The zero-order chi connectivity index (χ0) is 5.70. The van der Waals surface area contributed by atoms with Crippen LogP contribution in [-0.2, 0) is 4.74 Å². The molecule has 0 heterocycles. The molecule has 1 unspecified atom stereocenters. The summed E-state index contributed by atoms with van der Waals surface area (Å²) in [5.74, 6) is 0. The molecule has 0 fully saturated rings. The van der Waals surface area contributed by atoms with E-state index in [0.29, 0.717) is 0 Å². The van der Waals surface area contributed by atoms with Crippen molar-refractivity contribution in [1.82, 2.24) is 0 Å². The highest BCUT2D eigenvalue weighted by molar-refractivity contribution is 4.55. The molecule has 0 aliphatic rings. The molecule has 1 heteroatoms. The van der Waals surface area contributed by atoms with Crippen LogP contribution < -0.4 is 0 Å². The van der Waals surface area contributed by atoms with Crippen LogP contribution in [0.5, 0.6) is 0 Å². The van der Waals surface area contributed by atoms with Gasteiger partial charge in [-0.2, -0.15) is 0 Å². The largest absolute Gasteiger partial charge is 0.381 e. The second-order valence-electron chi connectivity index (χ2n) is 1.65. The third kappa shape index (κ3) is 3.80. The smallest absolute Gasteiger partial charge is 0.0572 e. The van der Waals surface area contributed by atoms with Gasteiger partial charge in [0.25, 0.3) is 0 Å². The number of ether oxygens (including phenoxy) is 1. The van der Waals surface area contributed by atoms with Gasteiger partial charge in [-0.1, -0.05) is 13.3 Å². The second kappa shape index (κ2) is 4.13. The molecule has 0 aliphatic carbocycles. The Morgan fingerprint density at radius 3 is 2.43 bits per heavy atom. The molecule has 0 rings (SSSR count). The maximum absolute atomic E-state index is 4.88. The molecule has 1 atom stereocenters. The highest BCUT2D eigenvalue weighted by Gasteiger charge is 1.93. The molecule has 0 N–H and O–H groups in total. The Labute approximate surface area is 45.7 Å². The zero-order valence-electron chi connectivity index (χ0n) is 5.11. The minimum atomic E-state index is 0.199. The first-order valence-corrected chi connectivity index (χ1v) is 2.67. The average Bonchev–Trinajstić information content (AvgIpc) is 1.68. The molecule has 1 nitrogen and oxygen atoms in total. The summed E-state index contributed by atoms with van der Waals surface area (Å²) in [6, 6.07) is 0. The normalized spacial score (nSPS) is 14.1. The van der Waals surface area contributed by atoms with Crippen LogP contribution in [0.1, 0.15) is 19.8 Å². The predicted octanol–water partition coefficient (Wildman–Crippen LogP) is 1.64. The van der Waals surface area contributed by atoms with Crippen LogP contribution in [0.15, 0.2) is 0 Å². The molecule has 0 aromatic rings. The summed E-state index contributed by atoms with van der Waals surface area (Å²) in [4.78, 5) is 0. The van der Waals surface area contributed by atoms with Gasteiger partial charge in [0.1, 0.15) is 0 Å². The van der Waals surface area contributed by atoms with Gasteiger partial charge in [0.2, 0.25) is 0 Å². The van der Waals surface area contributed by atoms with E-state index < -0.39 is 0 Å². The average molecular weight is 101 g/mol. The van der Waals surface area contributed by atoms with Crippen LogP contribution in [0.2, 0.25) is 0 Å². The lowest BCUT2D eigenvalue weighted by molar-refractivity contribution is 0.131. The van der Waals surface area contributed by atoms with E-state index in [0.717, 1.165) is 12.8 Å². The molecule has 0 amide bonds.